The quantitative estimate of drug-likeness (QED) is 0.702. The summed E-state index contributed by atoms with van der Waals surface area (Å²) in [5, 5.41) is 11.7. The van der Waals surface area contributed by atoms with Crippen molar-refractivity contribution in [2.24, 2.45) is 11.8 Å². The number of carbonyl (C=O) groups excluding carboxylic acids is 1. The minimum atomic E-state index is 0.0103. The summed E-state index contributed by atoms with van der Waals surface area (Å²) in [6, 6.07) is 0. The number of hydrogen-bond donors (Lipinski definition) is 2. The minimum Gasteiger partial charge on any atom is -0.392 e. The molecule has 3 heteroatoms. The van der Waals surface area contributed by atoms with E-state index in [1.807, 2.05) is 0 Å². The van der Waals surface area contributed by atoms with E-state index in [9.17, 15) is 4.79 Å². The van der Waals surface area contributed by atoms with Crippen molar-refractivity contribution in [1.29, 1.82) is 0 Å². The summed E-state index contributed by atoms with van der Waals surface area (Å²) in [5.41, 5.74) is 0.775. The Kier molecular flexibility index (Phi) is 5.53. The van der Waals surface area contributed by atoms with E-state index in [1.54, 1.807) is 0 Å². The average Bonchev–Trinajstić information content (AvgIpc) is 2.28. The summed E-state index contributed by atoms with van der Waals surface area (Å²) in [5.74, 6) is 1.06. The van der Waals surface area contributed by atoms with E-state index in [2.05, 4.69) is 18.8 Å². The Morgan fingerprint density at radius 2 is 2.25 bits per heavy atom. The van der Waals surface area contributed by atoms with Crippen molar-refractivity contribution in [3.05, 3.63) is 12.2 Å². The maximum Gasteiger partial charge on any atom is 0.223 e. The highest BCUT2D eigenvalue weighted by molar-refractivity contribution is 5.78. The van der Waals surface area contributed by atoms with Gasteiger partial charge in [-0.2, -0.15) is 0 Å². The van der Waals surface area contributed by atoms with E-state index in [0.29, 0.717) is 18.9 Å². The molecule has 2 atom stereocenters. The fraction of sp³-hybridized carbons (Fsp3) is 0.769. The van der Waals surface area contributed by atoms with Crippen LogP contribution in [0.3, 0.4) is 0 Å². The summed E-state index contributed by atoms with van der Waals surface area (Å²) >= 11 is 0. The van der Waals surface area contributed by atoms with Crippen LogP contribution in [0.1, 0.15) is 39.0 Å². The summed E-state index contributed by atoms with van der Waals surface area (Å²) in [6.07, 6.45) is 5.14. The first-order chi connectivity index (χ1) is 7.63. The Morgan fingerprint density at radius 1 is 1.50 bits per heavy atom. The number of aliphatic hydroxyl groups excluding tert-OH is 1. The molecule has 0 aromatic rings. The predicted molar refractivity (Wildman–Crippen MR) is 65.0 cm³/mol. The SMILES string of the molecule is C=C(CO)CCNC(=O)C1CCCC(C)C1. The molecule has 1 aliphatic carbocycles. The summed E-state index contributed by atoms with van der Waals surface area (Å²) in [6.45, 7) is 6.52. The van der Waals surface area contributed by atoms with Gasteiger partial charge >= 0.3 is 0 Å². The largest absolute Gasteiger partial charge is 0.392 e. The number of nitrogens with one attached hydrogen (secondary N) is 1. The van der Waals surface area contributed by atoms with E-state index in [0.717, 1.165) is 18.4 Å². The van der Waals surface area contributed by atoms with Crippen molar-refractivity contribution in [1.82, 2.24) is 5.32 Å². The van der Waals surface area contributed by atoms with Crippen LogP contribution in [-0.4, -0.2) is 24.2 Å². The lowest BCUT2D eigenvalue weighted by atomic mass is 9.82. The van der Waals surface area contributed by atoms with Gasteiger partial charge in [0, 0.05) is 12.5 Å². The summed E-state index contributed by atoms with van der Waals surface area (Å²) < 4.78 is 0. The van der Waals surface area contributed by atoms with E-state index in [4.69, 9.17) is 5.11 Å². The zero-order valence-electron chi connectivity index (χ0n) is 10.2. The highest BCUT2D eigenvalue weighted by atomic mass is 16.3. The lowest BCUT2D eigenvalue weighted by Gasteiger charge is -2.25. The topological polar surface area (TPSA) is 49.3 Å². The standard InChI is InChI=1S/C13H23NO2/c1-10-4-3-5-12(8-10)13(16)14-7-6-11(2)9-15/h10,12,15H,2-9H2,1H3,(H,14,16). The van der Waals surface area contributed by atoms with Crippen LogP contribution in [0.15, 0.2) is 12.2 Å². The number of carbonyl (C=O) groups is 1. The van der Waals surface area contributed by atoms with Crippen LogP contribution in [0.2, 0.25) is 0 Å². The van der Waals surface area contributed by atoms with Crippen molar-refractivity contribution in [2.75, 3.05) is 13.2 Å². The molecular formula is C13H23NO2. The van der Waals surface area contributed by atoms with Gasteiger partial charge in [0.25, 0.3) is 0 Å². The van der Waals surface area contributed by atoms with Gasteiger partial charge in [0.15, 0.2) is 0 Å². The van der Waals surface area contributed by atoms with Crippen molar-refractivity contribution in [3.8, 4) is 0 Å². The molecule has 3 nitrogen and oxygen atoms in total. The van der Waals surface area contributed by atoms with Crippen LogP contribution < -0.4 is 5.32 Å². The molecule has 2 N–H and O–H groups in total. The second kappa shape index (κ2) is 6.69. The number of amides is 1. The van der Waals surface area contributed by atoms with E-state index < -0.39 is 0 Å². The van der Waals surface area contributed by atoms with Gasteiger partial charge in [-0.3, -0.25) is 4.79 Å². The molecule has 0 bridgehead atoms. The van der Waals surface area contributed by atoms with Crippen LogP contribution >= 0.6 is 0 Å². The Balaban J connectivity index is 2.21. The van der Waals surface area contributed by atoms with Crippen molar-refractivity contribution in [2.45, 2.75) is 39.0 Å². The van der Waals surface area contributed by atoms with Gasteiger partial charge in [-0.25, -0.2) is 0 Å². The third-order valence-electron chi connectivity index (χ3n) is 3.31. The third-order valence-corrected chi connectivity index (χ3v) is 3.31. The molecule has 16 heavy (non-hydrogen) atoms. The highest BCUT2D eigenvalue weighted by Gasteiger charge is 2.24. The molecule has 1 saturated carbocycles. The first-order valence-electron chi connectivity index (χ1n) is 6.18. The fourth-order valence-electron chi connectivity index (χ4n) is 2.26. The lowest BCUT2D eigenvalue weighted by molar-refractivity contribution is -0.126. The number of rotatable bonds is 5. The summed E-state index contributed by atoms with van der Waals surface area (Å²) in [4.78, 5) is 11.8. The van der Waals surface area contributed by atoms with Gasteiger partial charge in [0.05, 0.1) is 6.61 Å². The lowest BCUT2D eigenvalue weighted by Crippen LogP contribution is -2.34. The van der Waals surface area contributed by atoms with Crippen molar-refractivity contribution in [3.63, 3.8) is 0 Å². The first-order valence-corrected chi connectivity index (χ1v) is 6.18. The molecule has 0 radical (unpaired) electrons. The maximum atomic E-state index is 11.8. The molecule has 0 spiro atoms. The van der Waals surface area contributed by atoms with Crippen molar-refractivity contribution >= 4 is 5.91 Å². The van der Waals surface area contributed by atoms with Gasteiger partial charge in [-0.05, 0) is 25.2 Å². The van der Waals surface area contributed by atoms with Gasteiger partial charge in [-0.15, -0.1) is 0 Å². The molecule has 1 aliphatic rings. The van der Waals surface area contributed by atoms with Gasteiger partial charge in [-0.1, -0.05) is 31.9 Å². The van der Waals surface area contributed by atoms with Crippen molar-refractivity contribution < 1.29 is 9.90 Å². The Labute approximate surface area is 97.9 Å². The second-order valence-electron chi connectivity index (χ2n) is 4.92. The number of aliphatic hydroxyl groups is 1. The normalized spacial score (nSPS) is 25.1. The predicted octanol–water partition coefficient (Wildman–Crippen LogP) is 1.87. The third kappa shape index (κ3) is 4.35. The molecule has 1 rings (SSSR count). The highest BCUT2D eigenvalue weighted by Crippen LogP contribution is 2.28. The first kappa shape index (κ1) is 13.2. The molecule has 0 aromatic carbocycles. The monoisotopic (exact) mass is 225 g/mol. The maximum absolute atomic E-state index is 11.8. The molecule has 0 heterocycles. The van der Waals surface area contributed by atoms with Crippen LogP contribution in [0.25, 0.3) is 0 Å². The fourth-order valence-corrected chi connectivity index (χ4v) is 2.26. The zero-order chi connectivity index (χ0) is 12.0. The minimum absolute atomic E-state index is 0.0103. The summed E-state index contributed by atoms with van der Waals surface area (Å²) in [7, 11) is 0. The number of hydrogen-bond acceptors (Lipinski definition) is 2. The molecule has 0 aromatic heterocycles. The average molecular weight is 225 g/mol. The van der Waals surface area contributed by atoms with Crippen LogP contribution in [0.5, 0.6) is 0 Å². The van der Waals surface area contributed by atoms with Gasteiger partial charge < -0.3 is 10.4 Å². The molecular weight excluding hydrogens is 202 g/mol. The Morgan fingerprint density at radius 3 is 2.88 bits per heavy atom. The zero-order valence-corrected chi connectivity index (χ0v) is 10.2. The van der Waals surface area contributed by atoms with Gasteiger partial charge in [0.1, 0.15) is 0 Å². The molecule has 2 unspecified atom stereocenters. The molecule has 0 aliphatic heterocycles. The van der Waals surface area contributed by atoms with Crippen LogP contribution in [0.4, 0.5) is 0 Å². The second-order valence-corrected chi connectivity index (χ2v) is 4.92. The molecule has 0 saturated heterocycles. The Hall–Kier alpha value is -0.830. The van der Waals surface area contributed by atoms with E-state index in [1.165, 1.54) is 12.8 Å². The van der Waals surface area contributed by atoms with Gasteiger partial charge in [0.2, 0.25) is 5.91 Å². The van der Waals surface area contributed by atoms with Crippen LogP contribution in [-0.2, 0) is 4.79 Å². The van der Waals surface area contributed by atoms with E-state index >= 15 is 0 Å². The molecule has 1 fully saturated rings. The van der Waals surface area contributed by atoms with E-state index in [-0.39, 0.29) is 18.4 Å². The molecule has 1 amide bonds. The van der Waals surface area contributed by atoms with Crippen LogP contribution in [0, 0.1) is 11.8 Å². The smallest absolute Gasteiger partial charge is 0.223 e. The Bertz CT molecular complexity index is 250. The molecule has 92 valence electrons.